The summed E-state index contributed by atoms with van der Waals surface area (Å²) in [5.74, 6) is 1.38. The molecule has 0 heterocycles. The molecule has 3 nitrogen and oxygen atoms in total. The van der Waals surface area contributed by atoms with E-state index in [0.717, 1.165) is 25.7 Å². The van der Waals surface area contributed by atoms with Crippen molar-refractivity contribution in [3.8, 4) is 0 Å². The Kier molecular flexibility index (Phi) is 7.41. The molecule has 3 aliphatic carbocycles. The molecular weight excluding hydrogens is 448 g/mol. The minimum atomic E-state index is -2.00. The van der Waals surface area contributed by atoms with Crippen LogP contribution in [0.1, 0.15) is 98.5 Å². The van der Waals surface area contributed by atoms with E-state index < -0.39 is 8.32 Å². The number of benzene rings is 1. The zero-order valence-corrected chi connectivity index (χ0v) is 24.7. The van der Waals surface area contributed by atoms with Crippen molar-refractivity contribution in [2.45, 2.75) is 128 Å². The highest BCUT2D eigenvalue weighted by atomic mass is 28.4. The first-order chi connectivity index (χ1) is 16.3. The normalized spacial score (nSPS) is 34.0. The van der Waals surface area contributed by atoms with Crippen LogP contribution in [0.4, 0.5) is 0 Å². The van der Waals surface area contributed by atoms with E-state index in [1.165, 1.54) is 31.2 Å². The van der Waals surface area contributed by atoms with Crippen LogP contribution in [0.25, 0.3) is 0 Å². The number of ether oxygens (including phenoxy) is 1. The number of carbonyl (C=O) groups excluding carboxylic acids is 1. The second kappa shape index (κ2) is 9.63. The van der Waals surface area contributed by atoms with Gasteiger partial charge in [-0.1, -0.05) is 91.1 Å². The largest absolute Gasteiger partial charge is 0.462 e. The molecule has 0 aromatic heterocycles. The van der Waals surface area contributed by atoms with Gasteiger partial charge in [0.15, 0.2) is 8.32 Å². The molecule has 0 radical (unpaired) electrons. The van der Waals surface area contributed by atoms with Gasteiger partial charge in [-0.25, -0.2) is 0 Å². The lowest BCUT2D eigenvalue weighted by Gasteiger charge is -2.61. The van der Waals surface area contributed by atoms with Crippen LogP contribution in [-0.2, 0) is 19.4 Å². The second-order valence-corrected chi connectivity index (χ2v) is 18.9. The number of fused-ring (bicyclic) bond motifs is 1. The number of carbonyl (C=O) groups is 1. The van der Waals surface area contributed by atoms with Gasteiger partial charge in [0.25, 0.3) is 0 Å². The quantitative estimate of drug-likeness (QED) is 0.292. The van der Waals surface area contributed by atoms with Crippen LogP contribution >= 0.6 is 0 Å². The highest BCUT2D eigenvalue weighted by molar-refractivity contribution is 6.74. The van der Waals surface area contributed by atoms with Gasteiger partial charge in [0.1, 0.15) is 6.10 Å². The standard InChI is InChI=1S/C31H50O3Si/c1-22-17-18-25(30(5,6)23-14-10-9-11-15-23)27(20-22)33-28(32)26-21-24-16-12-13-19-31(24,26)34-35(7,8)29(2,3)4/h9-11,14-15,22,24-27H,12-13,16-21H2,1-8H3/t22-,24+,25-,26+,27-,31-/m1/s1. The fourth-order valence-electron chi connectivity index (χ4n) is 7.07. The molecule has 3 aliphatic rings. The summed E-state index contributed by atoms with van der Waals surface area (Å²) < 4.78 is 13.7. The summed E-state index contributed by atoms with van der Waals surface area (Å²) in [6, 6.07) is 10.8. The van der Waals surface area contributed by atoms with Gasteiger partial charge < -0.3 is 9.16 Å². The molecule has 0 amide bonds. The summed E-state index contributed by atoms with van der Waals surface area (Å²) in [5.41, 5.74) is 1.02. The van der Waals surface area contributed by atoms with Crippen molar-refractivity contribution < 1.29 is 14.0 Å². The lowest BCUT2D eigenvalue weighted by atomic mass is 9.55. The Morgan fingerprint density at radius 2 is 1.66 bits per heavy atom. The topological polar surface area (TPSA) is 35.5 Å². The molecule has 0 bridgehead atoms. The van der Waals surface area contributed by atoms with E-state index in [1.54, 1.807) is 0 Å². The van der Waals surface area contributed by atoms with E-state index in [1.807, 2.05) is 0 Å². The number of hydrogen-bond donors (Lipinski definition) is 0. The first-order valence-electron chi connectivity index (χ1n) is 14.2. The van der Waals surface area contributed by atoms with Crippen LogP contribution < -0.4 is 0 Å². The average Bonchev–Trinajstić information content (AvgIpc) is 2.76. The summed E-state index contributed by atoms with van der Waals surface area (Å²) in [5, 5.41) is 0.136. The van der Waals surface area contributed by atoms with E-state index in [4.69, 9.17) is 9.16 Å². The number of esters is 1. The molecule has 0 aliphatic heterocycles. The SMILES string of the molecule is C[C@@H]1CC[C@@H](C(C)(C)c2ccccc2)[C@H](OC(=O)[C@@H]2C[C@@H]3CCCC[C@@]32O[Si](C)(C)C(C)(C)C)C1. The van der Waals surface area contributed by atoms with Crippen LogP contribution in [0.3, 0.4) is 0 Å². The van der Waals surface area contributed by atoms with E-state index >= 15 is 0 Å². The Morgan fingerprint density at radius 1 is 0.971 bits per heavy atom. The smallest absolute Gasteiger partial charge is 0.312 e. The summed E-state index contributed by atoms with van der Waals surface area (Å²) in [6.07, 6.45) is 8.86. The Labute approximate surface area is 215 Å². The lowest BCUT2D eigenvalue weighted by Crippen LogP contribution is -2.66. The van der Waals surface area contributed by atoms with Gasteiger partial charge >= 0.3 is 5.97 Å². The van der Waals surface area contributed by atoms with Gasteiger partial charge in [0.2, 0.25) is 0 Å². The predicted octanol–water partition coefficient (Wildman–Crippen LogP) is 8.28. The van der Waals surface area contributed by atoms with Crippen LogP contribution in [0.2, 0.25) is 18.1 Å². The zero-order chi connectivity index (χ0) is 25.6. The van der Waals surface area contributed by atoms with Gasteiger partial charge in [0, 0.05) is 5.92 Å². The monoisotopic (exact) mass is 498 g/mol. The summed E-state index contributed by atoms with van der Waals surface area (Å²) in [4.78, 5) is 13.9. The first kappa shape index (κ1) is 26.9. The molecule has 196 valence electrons. The molecule has 6 atom stereocenters. The van der Waals surface area contributed by atoms with Crippen LogP contribution in [0, 0.1) is 23.7 Å². The third-order valence-corrected chi connectivity index (χ3v) is 15.0. The third-order valence-electron chi connectivity index (χ3n) is 10.5. The van der Waals surface area contributed by atoms with Crippen molar-refractivity contribution in [2.75, 3.05) is 0 Å². The fourth-order valence-corrected chi connectivity index (χ4v) is 8.73. The molecule has 35 heavy (non-hydrogen) atoms. The molecule has 4 rings (SSSR count). The summed E-state index contributed by atoms with van der Waals surface area (Å²) in [6.45, 7) is 18.6. The average molecular weight is 499 g/mol. The van der Waals surface area contributed by atoms with Gasteiger partial charge in [-0.15, -0.1) is 0 Å². The third kappa shape index (κ3) is 5.03. The Morgan fingerprint density at radius 3 is 2.29 bits per heavy atom. The molecule has 0 N–H and O–H groups in total. The first-order valence-corrected chi connectivity index (χ1v) is 17.1. The van der Waals surface area contributed by atoms with Crippen molar-refractivity contribution in [3.05, 3.63) is 35.9 Å². The van der Waals surface area contributed by atoms with Crippen molar-refractivity contribution >= 4 is 14.3 Å². The van der Waals surface area contributed by atoms with Crippen molar-refractivity contribution in [1.29, 1.82) is 0 Å². The van der Waals surface area contributed by atoms with Gasteiger partial charge in [-0.2, -0.15) is 0 Å². The maximum absolute atomic E-state index is 13.9. The molecule has 1 aromatic rings. The summed E-state index contributed by atoms with van der Waals surface area (Å²) >= 11 is 0. The molecule has 0 saturated heterocycles. The van der Waals surface area contributed by atoms with E-state index in [9.17, 15) is 4.79 Å². The molecule has 1 aromatic carbocycles. The molecular formula is C31H50O3Si. The number of rotatable bonds is 6. The highest BCUT2D eigenvalue weighted by Gasteiger charge is 2.63. The minimum Gasteiger partial charge on any atom is -0.462 e. The van der Waals surface area contributed by atoms with E-state index in [2.05, 4.69) is 85.0 Å². The Hall–Kier alpha value is -1.13. The summed E-state index contributed by atoms with van der Waals surface area (Å²) in [7, 11) is -2.00. The van der Waals surface area contributed by atoms with E-state index in [-0.39, 0.29) is 34.0 Å². The van der Waals surface area contributed by atoms with Crippen LogP contribution in [0.5, 0.6) is 0 Å². The maximum atomic E-state index is 13.9. The maximum Gasteiger partial charge on any atom is 0.312 e. The molecule has 4 heteroatoms. The van der Waals surface area contributed by atoms with Gasteiger partial charge in [0.05, 0.1) is 11.5 Å². The molecule has 3 fully saturated rings. The molecule has 3 saturated carbocycles. The zero-order valence-electron chi connectivity index (χ0n) is 23.7. The molecule has 0 unspecified atom stereocenters. The van der Waals surface area contributed by atoms with Gasteiger partial charge in [-0.3, -0.25) is 4.79 Å². The number of hydrogen-bond acceptors (Lipinski definition) is 3. The minimum absolute atomic E-state index is 0.0194. The van der Waals surface area contributed by atoms with Crippen LogP contribution in [-0.4, -0.2) is 26.0 Å². The van der Waals surface area contributed by atoms with E-state index in [0.29, 0.717) is 17.8 Å². The highest BCUT2D eigenvalue weighted by Crippen LogP contribution is 2.58. The Bertz CT molecular complexity index is 886. The fraction of sp³-hybridized carbons (Fsp3) is 0.774. The lowest BCUT2D eigenvalue weighted by molar-refractivity contribution is -0.203. The Balaban J connectivity index is 1.56. The van der Waals surface area contributed by atoms with Crippen molar-refractivity contribution in [2.24, 2.45) is 23.7 Å². The predicted molar refractivity (Wildman–Crippen MR) is 147 cm³/mol. The van der Waals surface area contributed by atoms with Gasteiger partial charge in [-0.05, 0) is 73.1 Å². The van der Waals surface area contributed by atoms with Crippen LogP contribution in [0.15, 0.2) is 30.3 Å². The molecule has 0 spiro atoms. The van der Waals surface area contributed by atoms with Crippen molar-refractivity contribution in [1.82, 2.24) is 0 Å². The second-order valence-electron chi connectivity index (χ2n) is 14.1. The van der Waals surface area contributed by atoms with Crippen molar-refractivity contribution in [3.63, 3.8) is 0 Å².